The molecule has 0 saturated heterocycles. The average Bonchev–Trinajstić information content (AvgIpc) is 2.52. The number of primary amides is 1. The zero-order chi connectivity index (χ0) is 17.2. The molecule has 1 amide bonds. The molecule has 0 aliphatic heterocycles. The van der Waals surface area contributed by atoms with Crippen LogP contribution in [0.1, 0.15) is 39.7 Å². The number of nitrogens with two attached hydrogens (primary N) is 1. The maximum atomic E-state index is 9.22. The Morgan fingerprint density at radius 2 is 1.77 bits per heavy atom. The Morgan fingerprint density at radius 3 is 2.09 bits per heavy atom. The van der Waals surface area contributed by atoms with Crippen LogP contribution in [0.15, 0.2) is 55.3 Å². The van der Waals surface area contributed by atoms with E-state index in [1.807, 2.05) is 29.1 Å². The Kier molecular flexibility index (Phi) is 17.0. The molecule has 0 radical (unpaired) electrons. The minimum atomic E-state index is -0.333. The van der Waals surface area contributed by atoms with Gasteiger partial charge in [-0.1, -0.05) is 50.3 Å². The highest BCUT2D eigenvalue weighted by Gasteiger charge is 1.86. The van der Waals surface area contributed by atoms with Crippen molar-refractivity contribution in [3.05, 3.63) is 60.8 Å². The number of nitrogens with zero attached hydrogens (tertiary/aromatic N) is 1. The summed E-state index contributed by atoms with van der Waals surface area (Å²) in [5, 5.41) is 0. The average molecular weight is 303 g/mol. The molecule has 3 heteroatoms. The van der Waals surface area contributed by atoms with E-state index in [1.54, 1.807) is 0 Å². The topological polar surface area (TPSA) is 46.1 Å². The minimum absolute atomic E-state index is 0.333. The second-order valence-electron chi connectivity index (χ2n) is 4.45. The van der Waals surface area contributed by atoms with Gasteiger partial charge in [-0.25, -0.2) is 4.58 Å². The van der Waals surface area contributed by atoms with Crippen LogP contribution in [0.2, 0.25) is 0 Å². The summed E-state index contributed by atoms with van der Waals surface area (Å²) in [5.74, 6) is -0.333. The van der Waals surface area contributed by atoms with Crippen molar-refractivity contribution in [2.24, 2.45) is 5.73 Å². The van der Waals surface area contributed by atoms with Gasteiger partial charge in [0.05, 0.1) is 0 Å². The number of carbonyl (C=O) groups excluding carboxylic acids is 1. The lowest BCUT2D eigenvalue weighted by Crippen LogP contribution is -2.01. The number of rotatable bonds is 5. The molecule has 0 heterocycles. The first kappa shape index (κ1) is 22.1. The number of aryl methyl sites for hydroxylation is 1. The summed E-state index contributed by atoms with van der Waals surface area (Å²) in [6, 6.07) is 10.5. The number of allylic oxidation sites excluding steroid dienone is 2. The fourth-order valence-electron chi connectivity index (χ4n) is 1.32. The van der Waals surface area contributed by atoms with Crippen molar-refractivity contribution < 1.29 is 9.37 Å². The summed E-state index contributed by atoms with van der Waals surface area (Å²) in [7, 11) is 0. The predicted molar refractivity (Wildman–Crippen MR) is 97.2 cm³/mol. The molecular formula is C19H31N2O+. The highest BCUT2D eigenvalue weighted by molar-refractivity contribution is 5.70. The molecule has 0 aliphatic rings. The molecule has 2 N–H and O–H groups in total. The van der Waals surface area contributed by atoms with Gasteiger partial charge < -0.3 is 5.73 Å². The number of hydrogen-bond acceptors (Lipinski definition) is 1. The van der Waals surface area contributed by atoms with Crippen LogP contribution in [0.5, 0.6) is 0 Å². The quantitative estimate of drug-likeness (QED) is 0.650. The zero-order valence-electron chi connectivity index (χ0n) is 14.5. The van der Waals surface area contributed by atoms with Crippen molar-refractivity contribution in [3.63, 3.8) is 0 Å². The maximum Gasteiger partial charge on any atom is 0.214 e. The third-order valence-electron chi connectivity index (χ3n) is 2.50. The summed E-state index contributed by atoms with van der Waals surface area (Å²) >= 11 is 0. The predicted octanol–water partition coefficient (Wildman–Crippen LogP) is 3.94. The molecule has 0 atom stereocenters. The van der Waals surface area contributed by atoms with Gasteiger partial charge in [0.2, 0.25) is 5.91 Å². The monoisotopic (exact) mass is 303 g/mol. The van der Waals surface area contributed by atoms with Crippen molar-refractivity contribution in [3.8, 4) is 0 Å². The van der Waals surface area contributed by atoms with Gasteiger partial charge in [0, 0.05) is 6.92 Å². The van der Waals surface area contributed by atoms with E-state index < -0.39 is 0 Å². The van der Waals surface area contributed by atoms with E-state index in [0.29, 0.717) is 0 Å². The summed E-state index contributed by atoms with van der Waals surface area (Å²) < 4.78 is 2.03. The summed E-state index contributed by atoms with van der Waals surface area (Å²) in [6.07, 6.45) is 10.2. The molecule has 0 aliphatic carbocycles. The fourth-order valence-corrected chi connectivity index (χ4v) is 1.32. The van der Waals surface area contributed by atoms with E-state index >= 15 is 0 Å². The molecule has 1 rings (SSSR count). The van der Waals surface area contributed by atoms with Gasteiger partial charge in [-0.2, -0.15) is 0 Å². The smallest absolute Gasteiger partial charge is 0.214 e. The van der Waals surface area contributed by atoms with E-state index in [9.17, 15) is 4.79 Å². The lowest BCUT2D eigenvalue weighted by atomic mass is 10.2. The Balaban J connectivity index is 0. The lowest BCUT2D eigenvalue weighted by molar-refractivity contribution is -0.446. The molecule has 0 unspecified atom stereocenters. The molecule has 0 bridgehead atoms. The van der Waals surface area contributed by atoms with Crippen LogP contribution in [0.3, 0.4) is 0 Å². The SMILES string of the molecule is C=C[N+](=C/C=C\CC)CC.CC(N)=O.CCc1ccccc1. The maximum absolute atomic E-state index is 9.22. The van der Waals surface area contributed by atoms with Gasteiger partial charge in [0.15, 0.2) is 12.4 Å². The van der Waals surface area contributed by atoms with Gasteiger partial charge >= 0.3 is 0 Å². The fraction of sp³-hybridized carbons (Fsp3) is 0.368. The number of hydrogen-bond donors (Lipinski definition) is 1. The number of carbonyl (C=O) groups is 1. The number of amides is 1. The third-order valence-corrected chi connectivity index (χ3v) is 2.50. The Labute approximate surface area is 135 Å². The van der Waals surface area contributed by atoms with Gasteiger partial charge in [0.25, 0.3) is 0 Å². The van der Waals surface area contributed by atoms with E-state index in [4.69, 9.17) is 0 Å². The zero-order valence-corrected chi connectivity index (χ0v) is 14.5. The lowest BCUT2D eigenvalue weighted by Gasteiger charge is -1.89. The van der Waals surface area contributed by atoms with Crippen molar-refractivity contribution >= 4 is 12.1 Å². The molecule has 1 aromatic rings. The molecular weight excluding hydrogens is 272 g/mol. The van der Waals surface area contributed by atoms with E-state index in [1.165, 1.54) is 12.5 Å². The molecule has 0 aromatic heterocycles. The first-order valence-corrected chi connectivity index (χ1v) is 7.69. The summed E-state index contributed by atoms with van der Waals surface area (Å²) in [6.45, 7) is 12.3. The van der Waals surface area contributed by atoms with E-state index in [0.717, 1.165) is 19.4 Å². The van der Waals surface area contributed by atoms with E-state index in [-0.39, 0.29) is 5.91 Å². The van der Waals surface area contributed by atoms with Gasteiger partial charge in [-0.05, 0) is 38.0 Å². The first-order chi connectivity index (χ1) is 10.5. The molecule has 22 heavy (non-hydrogen) atoms. The standard InChI is InChI=1S/C9H16N.C8H10.C2H5NO/c1-4-7-8-9-10(5-2)6-3;1-2-8-6-4-3-5-7-8;1-2(3)4/h5,7-9H,2,4,6H2,1,3H3;3-7H,2H2,1H3;1H3,(H2,3,4)/q+1;;/b8-7-,10-9?;;. The largest absolute Gasteiger partial charge is 0.370 e. The van der Waals surface area contributed by atoms with Crippen LogP contribution in [-0.2, 0) is 11.2 Å². The van der Waals surface area contributed by atoms with Crippen LogP contribution in [0, 0.1) is 0 Å². The minimum Gasteiger partial charge on any atom is -0.370 e. The van der Waals surface area contributed by atoms with Crippen LogP contribution < -0.4 is 5.73 Å². The van der Waals surface area contributed by atoms with Crippen molar-refractivity contribution in [2.45, 2.75) is 40.5 Å². The molecule has 0 saturated carbocycles. The van der Waals surface area contributed by atoms with Crippen molar-refractivity contribution in [2.75, 3.05) is 6.54 Å². The second-order valence-corrected chi connectivity index (χ2v) is 4.45. The van der Waals surface area contributed by atoms with Gasteiger partial charge in [0.1, 0.15) is 6.54 Å². The number of benzene rings is 1. The van der Waals surface area contributed by atoms with Gasteiger partial charge in [-0.15, -0.1) is 0 Å². The first-order valence-electron chi connectivity index (χ1n) is 7.69. The molecule has 122 valence electrons. The second kappa shape index (κ2) is 16.9. The van der Waals surface area contributed by atoms with Crippen LogP contribution >= 0.6 is 0 Å². The van der Waals surface area contributed by atoms with Crippen molar-refractivity contribution in [1.82, 2.24) is 0 Å². The summed E-state index contributed by atoms with van der Waals surface area (Å²) in [4.78, 5) is 9.22. The third kappa shape index (κ3) is 17.8. The Hall–Kier alpha value is -2.16. The van der Waals surface area contributed by atoms with Crippen LogP contribution in [0.4, 0.5) is 0 Å². The molecule has 0 fully saturated rings. The molecule has 1 aromatic carbocycles. The highest BCUT2D eigenvalue weighted by Crippen LogP contribution is 1.96. The van der Waals surface area contributed by atoms with Crippen LogP contribution in [0.25, 0.3) is 0 Å². The Morgan fingerprint density at radius 1 is 1.23 bits per heavy atom. The molecule has 3 nitrogen and oxygen atoms in total. The molecule has 0 spiro atoms. The highest BCUT2D eigenvalue weighted by atomic mass is 16.1. The normalized spacial score (nSPS) is 10.1. The van der Waals surface area contributed by atoms with Gasteiger partial charge in [-0.3, -0.25) is 4.79 Å². The summed E-state index contributed by atoms with van der Waals surface area (Å²) in [5.41, 5.74) is 5.88. The van der Waals surface area contributed by atoms with E-state index in [2.05, 4.69) is 63.4 Å². The van der Waals surface area contributed by atoms with Crippen LogP contribution in [-0.4, -0.2) is 23.2 Å². The van der Waals surface area contributed by atoms with Crippen molar-refractivity contribution in [1.29, 1.82) is 0 Å². The Bertz CT molecular complexity index is 444.